The van der Waals surface area contributed by atoms with Gasteiger partial charge in [0, 0.05) is 47.4 Å². The van der Waals surface area contributed by atoms with Crippen molar-refractivity contribution >= 4 is 28.9 Å². The first-order valence-electron chi connectivity index (χ1n) is 9.66. The van der Waals surface area contributed by atoms with Crippen LogP contribution in [-0.2, 0) is 10.3 Å². The largest absolute Gasteiger partial charge is 0.439 e. The summed E-state index contributed by atoms with van der Waals surface area (Å²) in [7, 11) is 0. The Morgan fingerprint density at radius 3 is 1.93 bits per heavy atom. The minimum absolute atomic E-state index is 0.293. The van der Waals surface area contributed by atoms with Gasteiger partial charge in [0.1, 0.15) is 0 Å². The number of halogens is 1. The van der Waals surface area contributed by atoms with E-state index in [1.165, 1.54) is 6.20 Å². The molecule has 6 heteroatoms. The van der Waals surface area contributed by atoms with Crippen molar-refractivity contribution in [1.29, 1.82) is 0 Å². The second-order valence-corrected chi connectivity index (χ2v) is 7.27. The summed E-state index contributed by atoms with van der Waals surface area (Å²) >= 11 is 6.26. The Morgan fingerprint density at radius 1 is 0.931 bits per heavy atom. The van der Waals surface area contributed by atoms with Gasteiger partial charge in [-0.25, -0.2) is 9.78 Å². The molecule has 148 valence electrons. The van der Waals surface area contributed by atoms with Gasteiger partial charge in [0.25, 0.3) is 0 Å². The number of benzene rings is 2. The van der Waals surface area contributed by atoms with E-state index in [2.05, 4.69) is 15.6 Å². The molecule has 0 radical (unpaired) electrons. The lowest BCUT2D eigenvalue weighted by molar-refractivity contribution is 0.0249. The van der Waals surface area contributed by atoms with E-state index >= 15 is 0 Å². The predicted molar refractivity (Wildman–Crippen MR) is 116 cm³/mol. The maximum absolute atomic E-state index is 12.7. The zero-order chi connectivity index (χ0) is 20.4. The molecule has 2 aromatic carbocycles. The monoisotopic (exact) mass is 407 g/mol. The van der Waals surface area contributed by atoms with Crippen molar-refractivity contribution in [2.75, 3.05) is 23.7 Å². The van der Waals surface area contributed by atoms with Crippen molar-refractivity contribution in [1.82, 2.24) is 4.98 Å². The molecule has 3 aromatic rings. The van der Waals surface area contributed by atoms with Crippen LogP contribution in [0.15, 0.2) is 60.8 Å². The molecule has 0 bridgehead atoms. The summed E-state index contributed by atoms with van der Waals surface area (Å²) in [6.45, 7) is 5.75. The fourth-order valence-electron chi connectivity index (χ4n) is 3.76. The smallest absolute Gasteiger partial charge is 0.358 e. The van der Waals surface area contributed by atoms with Crippen molar-refractivity contribution in [2.45, 2.75) is 19.4 Å². The van der Waals surface area contributed by atoms with Gasteiger partial charge in [0.05, 0.1) is 5.02 Å². The van der Waals surface area contributed by atoms with E-state index in [9.17, 15) is 4.79 Å². The van der Waals surface area contributed by atoms with Gasteiger partial charge in [-0.05, 0) is 44.2 Å². The zero-order valence-corrected chi connectivity index (χ0v) is 17.1. The fraction of sp³-hybridized carbons (Fsp3) is 0.217. The van der Waals surface area contributed by atoms with Crippen LogP contribution >= 0.6 is 11.6 Å². The quantitative estimate of drug-likeness (QED) is 0.559. The van der Waals surface area contributed by atoms with Gasteiger partial charge >= 0.3 is 5.97 Å². The Kier molecular flexibility index (Phi) is 5.16. The average Bonchev–Trinajstić information content (AvgIpc) is 3.02. The van der Waals surface area contributed by atoms with Crippen LogP contribution in [0.1, 0.15) is 41.0 Å². The second-order valence-electron chi connectivity index (χ2n) is 6.84. The number of nitrogens with zero attached hydrogens (tertiary/aromatic N) is 1. The molecule has 2 N–H and O–H groups in total. The highest BCUT2D eigenvalue weighted by molar-refractivity contribution is 6.30. The van der Waals surface area contributed by atoms with E-state index in [-0.39, 0.29) is 0 Å². The van der Waals surface area contributed by atoms with Crippen LogP contribution < -0.4 is 10.6 Å². The molecule has 0 spiro atoms. The number of pyridine rings is 1. The summed E-state index contributed by atoms with van der Waals surface area (Å²) in [6, 6.07) is 17.6. The molecule has 29 heavy (non-hydrogen) atoms. The molecular weight excluding hydrogens is 386 g/mol. The lowest BCUT2D eigenvalue weighted by atomic mass is 9.80. The molecular formula is C23H22ClN3O2. The number of carbonyl (C=O) groups excluding carboxylic acids is 1. The van der Waals surface area contributed by atoms with Crippen molar-refractivity contribution < 1.29 is 9.53 Å². The summed E-state index contributed by atoms with van der Waals surface area (Å²) in [6.07, 6.45) is 1.47. The van der Waals surface area contributed by atoms with Crippen LogP contribution in [0.25, 0.3) is 0 Å². The Balaban J connectivity index is 1.91. The van der Waals surface area contributed by atoms with Crippen molar-refractivity contribution in [3.8, 4) is 0 Å². The third kappa shape index (κ3) is 3.32. The number of hydrogen-bond acceptors (Lipinski definition) is 5. The molecule has 4 rings (SSSR count). The van der Waals surface area contributed by atoms with Gasteiger partial charge < -0.3 is 15.4 Å². The molecule has 2 heterocycles. The SMILES string of the molecule is CCNc1ccc(C2(c3ccc(NCC)cc3)OC(=O)c3ncc(Cl)cc32)cc1. The number of ether oxygens (including phenoxy) is 1. The Hall–Kier alpha value is -3.05. The molecule has 1 aliphatic heterocycles. The first kappa shape index (κ1) is 19.3. The Morgan fingerprint density at radius 2 is 1.45 bits per heavy atom. The minimum atomic E-state index is -1.10. The Bertz CT molecular complexity index is 983. The van der Waals surface area contributed by atoms with E-state index in [1.54, 1.807) is 6.07 Å². The highest BCUT2D eigenvalue weighted by Gasteiger charge is 2.49. The average molecular weight is 408 g/mol. The summed E-state index contributed by atoms with van der Waals surface area (Å²) in [5, 5.41) is 7.03. The normalized spacial score (nSPS) is 14.2. The Labute approximate surface area is 175 Å². The summed E-state index contributed by atoms with van der Waals surface area (Å²) in [5.74, 6) is -0.455. The first-order chi connectivity index (χ1) is 14.1. The molecule has 0 saturated carbocycles. The number of fused-ring (bicyclic) bond motifs is 1. The fourth-order valence-corrected chi connectivity index (χ4v) is 3.92. The number of rotatable bonds is 6. The van der Waals surface area contributed by atoms with Gasteiger partial charge in [0.15, 0.2) is 11.3 Å². The summed E-state index contributed by atoms with van der Waals surface area (Å²) in [4.78, 5) is 17.0. The lowest BCUT2D eigenvalue weighted by Crippen LogP contribution is -2.29. The van der Waals surface area contributed by atoms with Crippen molar-refractivity contribution in [2.24, 2.45) is 0 Å². The van der Waals surface area contributed by atoms with Crippen molar-refractivity contribution in [3.05, 3.63) is 88.2 Å². The predicted octanol–water partition coefficient (Wildman–Crippen LogP) is 5.06. The number of aromatic nitrogens is 1. The summed E-state index contributed by atoms with van der Waals surface area (Å²) in [5.41, 5.74) is 3.53. The number of esters is 1. The van der Waals surface area contributed by atoms with E-state index < -0.39 is 11.6 Å². The van der Waals surface area contributed by atoms with Gasteiger partial charge in [-0.3, -0.25) is 0 Å². The van der Waals surface area contributed by atoms with Crippen LogP contribution in [0, 0.1) is 0 Å². The number of cyclic esters (lactones) is 1. The first-order valence-corrected chi connectivity index (χ1v) is 10.0. The van der Waals surface area contributed by atoms with Gasteiger partial charge in [-0.1, -0.05) is 35.9 Å². The lowest BCUT2D eigenvalue weighted by Gasteiger charge is -2.30. The van der Waals surface area contributed by atoms with Crippen LogP contribution in [-0.4, -0.2) is 24.0 Å². The van der Waals surface area contributed by atoms with Gasteiger partial charge in [-0.2, -0.15) is 0 Å². The third-order valence-corrected chi connectivity index (χ3v) is 5.22. The highest BCUT2D eigenvalue weighted by Crippen LogP contribution is 2.47. The van der Waals surface area contributed by atoms with Gasteiger partial charge in [0.2, 0.25) is 0 Å². The van der Waals surface area contributed by atoms with E-state index in [4.69, 9.17) is 16.3 Å². The zero-order valence-electron chi connectivity index (χ0n) is 16.3. The van der Waals surface area contributed by atoms with E-state index in [0.29, 0.717) is 16.3 Å². The number of carbonyl (C=O) groups is 1. The minimum Gasteiger partial charge on any atom is -0.439 e. The molecule has 1 aromatic heterocycles. The van der Waals surface area contributed by atoms with Crippen LogP contribution in [0.5, 0.6) is 0 Å². The van der Waals surface area contributed by atoms with Gasteiger partial charge in [-0.15, -0.1) is 0 Å². The van der Waals surface area contributed by atoms with Crippen LogP contribution in [0.4, 0.5) is 11.4 Å². The van der Waals surface area contributed by atoms with Crippen LogP contribution in [0.2, 0.25) is 5.02 Å². The molecule has 0 atom stereocenters. The number of hydrogen-bond donors (Lipinski definition) is 2. The topological polar surface area (TPSA) is 63.2 Å². The molecule has 0 amide bonds. The van der Waals surface area contributed by atoms with Crippen LogP contribution in [0.3, 0.4) is 0 Å². The molecule has 0 saturated heterocycles. The van der Waals surface area contributed by atoms with E-state index in [1.807, 2.05) is 62.4 Å². The molecule has 1 aliphatic rings. The highest BCUT2D eigenvalue weighted by atomic mass is 35.5. The molecule has 0 unspecified atom stereocenters. The molecule has 5 nitrogen and oxygen atoms in total. The second kappa shape index (κ2) is 7.76. The third-order valence-electron chi connectivity index (χ3n) is 5.02. The maximum atomic E-state index is 12.7. The van der Waals surface area contributed by atoms with E-state index in [0.717, 1.165) is 35.6 Å². The summed E-state index contributed by atoms with van der Waals surface area (Å²) < 4.78 is 6.05. The number of anilines is 2. The molecule has 0 aliphatic carbocycles. The van der Waals surface area contributed by atoms with Crippen molar-refractivity contribution in [3.63, 3.8) is 0 Å². The maximum Gasteiger partial charge on any atom is 0.358 e. The molecule has 0 fully saturated rings. The number of nitrogens with one attached hydrogen (secondary N) is 2. The standard InChI is InChI=1S/C23H22ClN3O2/c1-3-25-18-9-5-15(6-10-18)23(16-7-11-19(12-8-16)26-4-2)20-13-17(24)14-27-21(20)22(28)29-23/h5-14,25-26H,3-4H2,1-2H3.